The Labute approximate surface area is 183 Å². The van der Waals surface area contributed by atoms with Gasteiger partial charge in [0, 0.05) is 11.1 Å². The van der Waals surface area contributed by atoms with Crippen molar-refractivity contribution in [2.45, 2.75) is 19.3 Å². The van der Waals surface area contributed by atoms with Crippen molar-refractivity contribution < 1.29 is 38.0 Å². The molecule has 4 rings (SSSR count). The van der Waals surface area contributed by atoms with E-state index in [0.717, 1.165) is 27.6 Å². The summed E-state index contributed by atoms with van der Waals surface area (Å²) in [7, 11) is 2.27. The predicted octanol–water partition coefficient (Wildman–Crippen LogP) is 1.42. The highest BCUT2D eigenvalue weighted by atomic mass is 127. The van der Waals surface area contributed by atoms with Gasteiger partial charge >= 0.3 is 5.97 Å². The van der Waals surface area contributed by atoms with Crippen LogP contribution in [0.1, 0.15) is 29.8 Å². The minimum atomic E-state index is -0.251. The van der Waals surface area contributed by atoms with Gasteiger partial charge in [0.05, 0.1) is 25.7 Å². The quantitative estimate of drug-likeness (QED) is 0.308. The Balaban J connectivity index is 0.00000225. The van der Waals surface area contributed by atoms with Crippen LogP contribution >= 0.6 is 0 Å². The van der Waals surface area contributed by atoms with Gasteiger partial charge in [0.15, 0.2) is 0 Å². The zero-order valence-corrected chi connectivity index (χ0v) is 18.5. The maximum absolute atomic E-state index is 12.9. The molecule has 148 valence electrons. The van der Waals surface area contributed by atoms with Crippen molar-refractivity contribution in [3.05, 3.63) is 66.4 Å². The number of halogens is 1. The number of carbonyl (C=O) groups excluding carboxylic acids is 1. The van der Waals surface area contributed by atoms with E-state index in [-0.39, 0.29) is 29.9 Å². The highest BCUT2D eigenvalue weighted by Gasteiger charge is 2.25. The molecule has 3 aromatic rings. The molecule has 2 aromatic carbocycles. The van der Waals surface area contributed by atoms with Gasteiger partial charge in [-0.05, 0) is 43.5 Å². The Bertz CT molecular complexity index is 930. The Kier molecular flexibility index (Phi) is 6.78. The summed E-state index contributed by atoms with van der Waals surface area (Å²) in [6, 6.07) is 20.0. The van der Waals surface area contributed by atoms with E-state index in [1.165, 1.54) is 32.4 Å². The van der Waals surface area contributed by atoms with Crippen molar-refractivity contribution in [1.29, 1.82) is 0 Å². The number of ether oxygens (including phenoxy) is 1. The largest absolute Gasteiger partial charge is 1.00 e. The Hall–Kier alpha value is -1.86. The Morgan fingerprint density at radius 1 is 1.00 bits per heavy atom. The van der Waals surface area contributed by atoms with Crippen molar-refractivity contribution >= 4 is 16.9 Å². The van der Waals surface area contributed by atoms with E-state index in [9.17, 15) is 4.79 Å². The summed E-state index contributed by atoms with van der Waals surface area (Å²) in [4.78, 5) is 12.9. The van der Waals surface area contributed by atoms with Crippen molar-refractivity contribution in [3.63, 3.8) is 0 Å². The molecule has 2 heterocycles. The second-order valence-corrected chi connectivity index (χ2v) is 7.75. The van der Waals surface area contributed by atoms with Gasteiger partial charge in [-0.3, -0.25) is 0 Å². The number of carbonyl (C=O) groups is 1. The number of likely N-dealkylation sites (N-methyl/N-ethyl adjacent to an activating group) is 1. The molecule has 0 N–H and O–H groups in total. The van der Waals surface area contributed by atoms with Crippen LogP contribution in [0.4, 0.5) is 0 Å². The number of hydrogen-bond donors (Lipinski definition) is 0. The first-order valence-corrected chi connectivity index (χ1v) is 9.83. The molecule has 0 saturated carbocycles. The van der Waals surface area contributed by atoms with Gasteiger partial charge < -0.3 is 37.8 Å². The highest BCUT2D eigenvalue weighted by Crippen LogP contribution is 2.25. The van der Waals surface area contributed by atoms with Crippen LogP contribution in [0.25, 0.3) is 16.6 Å². The second-order valence-electron chi connectivity index (χ2n) is 7.75. The van der Waals surface area contributed by atoms with E-state index < -0.39 is 0 Å². The number of nitrogens with zero attached hydrogens (tertiary/aromatic N) is 2. The molecule has 1 aromatic heterocycles. The van der Waals surface area contributed by atoms with E-state index >= 15 is 0 Å². The summed E-state index contributed by atoms with van der Waals surface area (Å²) in [5.41, 5.74) is 2.58. The molecule has 5 heteroatoms. The number of aromatic nitrogens is 1. The monoisotopic (exact) mass is 490 g/mol. The summed E-state index contributed by atoms with van der Waals surface area (Å²) < 4.78 is 8.72. The third kappa shape index (κ3) is 4.41. The van der Waals surface area contributed by atoms with Crippen LogP contribution in [-0.4, -0.2) is 48.3 Å². The fourth-order valence-corrected chi connectivity index (χ4v) is 4.09. The third-order valence-electron chi connectivity index (χ3n) is 5.69. The topological polar surface area (TPSA) is 31.2 Å². The standard InChI is InChI=1S/C23H27N2O2.HI/c1-25(14-8-3-9-15-25)16-17-27-23(26)22-18-19-10-6-7-13-21(19)24(22)20-11-4-2-5-12-20;/h2,4-7,10-13,18H,3,8-9,14-17H2,1H3;1H/q+1;/p-1. The molecule has 28 heavy (non-hydrogen) atoms. The summed E-state index contributed by atoms with van der Waals surface area (Å²) in [6.07, 6.45) is 3.87. The minimum Gasteiger partial charge on any atom is -1.00 e. The van der Waals surface area contributed by atoms with Crippen molar-refractivity contribution in [1.82, 2.24) is 4.57 Å². The third-order valence-corrected chi connectivity index (χ3v) is 5.69. The fraction of sp³-hybridized carbons (Fsp3) is 0.348. The molecule has 1 fully saturated rings. The normalized spacial score (nSPS) is 15.8. The number of rotatable bonds is 5. The molecule has 0 atom stereocenters. The molecule has 0 spiro atoms. The van der Waals surface area contributed by atoms with Crippen molar-refractivity contribution in [2.24, 2.45) is 0 Å². The zero-order chi connectivity index (χ0) is 18.7. The number of hydrogen-bond acceptors (Lipinski definition) is 2. The summed E-state index contributed by atoms with van der Waals surface area (Å²) in [6.45, 7) is 3.71. The smallest absolute Gasteiger partial charge is 0.355 e. The number of piperidine rings is 1. The number of likely N-dealkylation sites (tertiary alicyclic amines) is 1. The molecule has 0 amide bonds. The van der Waals surface area contributed by atoms with E-state index in [2.05, 4.69) is 7.05 Å². The van der Waals surface area contributed by atoms with E-state index in [0.29, 0.717) is 12.3 Å². The number of quaternary nitrogens is 1. The second kappa shape index (κ2) is 9.09. The first-order chi connectivity index (χ1) is 13.2. The van der Waals surface area contributed by atoms with Crippen LogP contribution in [0.5, 0.6) is 0 Å². The van der Waals surface area contributed by atoms with E-state index in [1.807, 2.05) is 65.2 Å². The van der Waals surface area contributed by atoms with Crippen molar-refractivity contribution in [3.8, 4) is 5.69 Å². The Morgan fingerprint density at radius 3 is 2.43 bits per heavy atom. The van der Waals surface area contributed by atoms with Gasteiger partial charge in [-0.25, -0.2) is 4.79 Å². The van der Waals surface area contributed by atoms with Gasteiger partial charge in [-0.1, -0.05) is 36.4 Å². The lowest BCUT2D eigenvalue weighted by Crippen LogP contribution is -3.00. The number of para-hydroxylation sites is 2. The number of benzene rings is 2. The molecular weight excluding hydrogens is 463 g/mol. The molecule has 1 saturated heterocycles. The SMILES string of the molecule is C[N+]1(CCOC(=O)c2cc3ccccc3n2-c2ccccc2)CCCCC1.[I-]. The number of fused-ring (bicyclic) bond motifs is 1. The molecular formula is C23H27IN2O2. The van der Waals surface area contributed by atoms with Gasteiger partial charge in [-0.15, -0.1) is 0 Å². The highest BCUT2D eigenvalue weighted by molar-refractivity contribution is 5.97. The van der Waals surface area contributed by atoms with Crippen LogP contribution in [0.15, 0.2) is 60.7 Å². The summed E-state index contributed by atoms with van der Waals surface area (Å²) in [5, 5.41) is 1.04. The maximum Gasteiger partial charge on any atom is 0.355 e. The number of esters is 1. The Morgan fingerprint density at radius 2 is 1.68 bits per heavy atom. The van der Waals surface area contributed by atoms with Crippen molar-refractivity contribution in [2.75, 3.05) is 33.3 Å². The van der Waals surface area contributed by atoms with Gasteiger partial charge in [0.25, 0.3) is 0 Å². The zero-order valence-electron chi connectivity index (χ0n) is 16.3. The predicted molar refractivity (Wildman–Crippen MR) is 108 cm³/mol. The van der Waals surface area contributed by atoms with Crippen LogP contribution in [0.2, 0.25) is 0 Å². The van der Waals surface area contributed by atoms with Gasteiger partial charge in [0.2, 0.25) is 0 Å². The average Bonchev–Trinajstić information content (AvgIpc) is 3.09. The first-order valence-electron chi connectivity index (χ1n) is 9.83. The molecule has 0 aliphatic carbocycles. The van der Waals surface area contributed by atoms with Crippen LogP contribution in [-0.2, 0) is 4.74 Å². The van der Waals surface area contributed by atoms with Gasteiger partial charge in [0.1, 0.15) is 18.8 Å². The van der Waals surface area contributed by atoms with E-state index in [1.54, 1.807) is 0 Å². The van der Waals surface area contributed by atoms with Crippen LogP contribution in [0.3, 0.4) is 0 Å². The molecule has 1 aliphatic heterocycles. The molecule has 0 unspecified atom stereocenters. The minimum absolute atomic E-state index is 0. The fourth-order valence-electron chi connectivity index (χ4n) is 4.09. The summed E-state index contributed by atoms with van der Waals surface area (Å²) in [5.74, 6) is -0.251. The lowest BCUT2D eigenvalue weighted by molar-refractivity contribution is -0.914. The van der Waals surface area contributed by atoms with Crippen LogP contribution in [0, 0.1) is 0 Å². The summed E-state index contributed by atoms with van der Waals surface area (Å²) >= 11 is 0. The van der Waals surface area contributed by atoms with Crippen LogP contribution < -0.4 is 24.0 Å². The molecule has 4 nitrogen and oxygen atoms in total. The van der Waals surface area contributed by atoms with E-state index in [4.69, 9.17) is 4.74 Å². The molecule has 1 aliphatic rings. The average molecular weight is 490 g/mol. The first kappa shape index (κ1) is 20.9. The lowest BCUT2D eigenvalue weighted by Gasteiger charge is -2.37. The van der Waals surface area contributed by atoms with Gasteiger partial charge in [-0.2, -0.15) is 0 Å². The maximum atomic E-state index is 12.9. The molecule has 0 radical (unpaired) electrons. The molecule has 0 bridgehead atoms. The lowest BCUT2D eigenvalue weighted by atomic mass is 10.1.